The average Bonchev–Trinajstić information content (AvgIpc) is 2.93. The summed E-state index contributed by atoms with van der Waals surface area (Å²) in [6.45, 7) is 1.64. The number of para-hydroxylation sites is 1. The van der Waals surface area contributed by atoms with Gasteiger partial charge in [-0.15, -0.1) is 0 Å². The van der Waals surface area contributed by atoms with Crippen LogP contribution in [0.3, 0.4) is 0 Å². The van der Waals surface area contributed by atoms with E-state index >= 15 is 0 Å². The van der Waals surface area contributed by atoms with Gasteiger partial charge in [0.05, 0.1) is 28.4 Å². The molecule has 1 saturated carbocycles. The Kier molecular flexibility index (Phi) is 9.19. The number of amides is 2. The highest BCUT2D eigenvalue weighted by Crippen LogP contribution is 2.26. The molecule has 0 spiro atoms. The largest absolute Gasteiger partial charge is 0.494 e. The highest BCUT2D eigenvalue weighted by molar-refractivity contribution is 7.92. The zero-order valence-electron chi connectivity index (χ0n) is 21.7. The number of benzene rings is 3. The Morgan fingerprint density at radius 1 is 0.949 bits per heavy atom. The Balaban J connectivity index is 1.56. The van der Waals surface area contributed by atoms with E-state index < -0.39 is 28.3 Å². The fourth-order valence-electron chi connectivity index (χ4n) is 4.54. The number of nitrogens with one attached hydrogen (secondary N) is 2. The normalized spacial score (nSPS) is 13.9. The van der Waals surface area contributed by atoms with Crippen LogP contribution < -0.4 is 19.7 Å². The molecule has 1 aliphatic rings. The molecule has 2 N–H and O–H groups in total. The molecule has 3 aromatic rings. The number of hydrogen-bond donors (Lipinski definition) is 2. The molecule has 3 aromatic carbocycles. The average molecular weight is 554 g/mol. The van der Waals surface area contributed by atoms with Crippen LogP contribution in [0.4, 0.5) is 15.8 Å². The second-order valence-electron chi connectivity index (χ2n) is 9.29. The Hall–Kier alpha value is -3.92. The SMILES string of the molecule is CCOc1ccc(S(=O)(=O)N(CC(=O)Nc2ccccc2C(=O)NC2CCCCC2)c2ccc(F)cc2)cc1. The van der Waals surface area contributed by atoms with Crippen molar-refractivity contribution >= 4 is 33.2 Å². The first-order chi connectivity index (χ1) is 18.8. The van der Waals surface area contributed by atoms with Gasteiger partial charge in [0, 0.05) is 6.04 Å². The van der Waals surface area contributed by atoms with E-state index in [1.54, 1.807) is 24.3 Å². The summed E-state index contributed by atoms with van der Waals surface area (Å²) in [5, 5.41) is 5.73. The Bertz CT molecular complexity index is 1390. The maximum Gasteiger partial charge on any atom is 0.264 e. The molecule has 10 heteroatoms. The number of sulfonamides is 1. The minimum absolute atomic E-state index is 0.0599. The van der Waals surface area contributed by atoms with Crippen molar-refractivity contribution in [3.05, 3.63) is 84.2 Å². The number of hydrogen-bond acceptors (Lipinski definition) is 5. The molecule has 0 bridgehead atoms. The van der Waals surface area contributed by atoms with E-state index in [1.165, 1.54) is 36.4 Å². The van der Waals surface area contributed by atoms with Gasteiger partial charge in [0.25, 0.3) is 15.9 Å². The lowest BCUT2D eigenvalue weighted by Gasteiger charge is -2.25. The number of carbonyl (C=O) groups is 2. The van der Waals surface area contributed by atoms with Gasteiger partial charge < -0.3 is 15.4 Å². The number of ether oxygens (including phenoxy) is 1. The maximum absolute atomic E-state index is 13.6. The summed E-state index contributed by atoms with van der Waals surface area (Å²) in [5.41, 5.74) is 0.677. The molecule has 2 amide bonds. The molecule has 0 unspecified atom stereocenters. The fourth-order valence-corrected chi connectivity index (χ4v) is 5.97. The van der Waals surface area contributed by atoms with Crippen molar-refractivity contribution in [2.24, 2.45) is 0 Å². The van der Waals surface area contributed by atoms with Gasteiger partial charge in [-0.3, -0.25) is 13.9 Å². The molecular weight excluding hydrogens is 521 g/mol. The molecule has 1 fully saturated rings. The van der Waals surface area contributed by atoms with Crippen molar-refractivity contribution in [3.8, 4) is 5.75 Å². The zero-order chi connectivity index (χ0) is 27.8. The van der Waals surface area contributed by atoms with Crippen molar-refractivity contribution in [2.75, 3.05) is 22.8 Å². The first-order valence-electron chi connectivity index (χ1n) is 13.0. The number of anilines is 2. The van der Waals surface area contributed by atoms with Gasteiger partial charge >= 0.3 is 0 Å². The smallest absolute Gasteiger partial charge is 0.264 e. The number of halogens is 1. The first-order valence-corrected chi connectivity index (χ1v) is 14.4. The van der Waals surface area contributed by atoms with Gasteiger partial charge in [-0.2, -0.15) is 0 Å². The Morgan fingerprint density at radius 2 is 1.62 bits per heavy atom. The molecule has 8 nitrogen and oxygen atoms in total. The van der Waals surface area contributed by atoms with Gasteiger partial charge in [0.1, 0.15) is 18.1 Å². The molecule has 206 valence electrons. The van der Waals surface area contributed by atoms with Crippen LogP contribution in [0.1, 0.15) is 49.4 Å². The van der Waals surface area contributed by atoms with Gasteiger partial charge in [0.15, 0.2) is 0 Å². The summed E-state index contributed by atoms with van der Waals surface area (Å²) in [6.07, 6.45) is 5.10. The van der Waals surface area contributed by atoms with E-state index in [-0.39, 0.29) is 28.2 Å². The Morgan fingerprint density at radius 3 is 2.28 bits per heavy atom. The lowest BCUT2D eigenvalue weighted by Crippen LogP contribution is -2.39. The lowest BCUT2D eigenvalue weighted by atomic mass is 9.95. The lowest BCUT2D eigenvalue weighted by molar-refractivity contribution is -0.114. The van der Waals surface area contributed by atoms with Crippen LogP contribution in [0, 0.1) is 5.82 Å². The van der Waals surface area contributed by atoms with Crippen molar-refractivity contribution in [1.29, 1.82) is 0 Å². The molecule has 0 aromatic heterocycles. The standard InChI is InChI=1S/C29H32FN3O5S/c1-2-38-24-16-18-25(19-17-24)39(36,37)33(23-14-12-21(30)13-15-23)20-28(34)32-27-11-7-6-10-26(27)29(35)31-22-8-4-3-5-9-22/h6-7,10-19,22H,2-5,8-9,20H2,1H3,(H,31,35)(H,32,34). The van der Waals surface area contributed by atoms with Crippen LogP contribution in [-0.2, 0) is 14.8 Å². The van der Waals surface area contributed by atoms with E-state index in [9.17, 15) is 22.4 Å². The summed E-state index contributed by atoms with van der Waals surface area (Å²) in [6, 6.07) is 17.3. The van der Waals surface area contributed by atoms with E-state index in [0.29, 0.717) is 17.9 Å². The molecule has 0 atom stereocenters. The molecule has 0 heterocycles. The topological polar surface area (TPSA) is 105 Å². The van der Waals surface area contributed by atoms with Crippen LogP contribution in [0.5, 0.6) is 5.75 Å². The van der Waals surface area contributed by atoms with E-state index in [1.807, 2.05) is 6.92 Å². The fraction of sp³-hybridized carbons (Fsp3) is 0.310. The number of rotatable bonds is 10. The van der Waals surface area contributed by atoms with Crippen LogP contribution in [-0.4, -0.2) is 39.4 Å². The summed E-state index contributed by atoms with van der Waals surface area (Å²) in [5.74, 6) is -0.993. The van der Waals surface area contributed by atoms with Gasteiger partial charge in [-0.05, 0) is 80.4 Å². The predicted molar refractivity (Wildman–Crippen MR) is 148 cm³/mol. The Labute approximate surface area is 228 Å². The highest BCUT2D eigenvalue weighted by Gasteiger charge is 2.28. The highest BCUT2D eigenvalue weighted by atomic mass is 32.2. The molecule has 39 heavy (non-hydrogen) atoms. The molecule has 4 rings (SSSR count). The minimum Gasteiger partial charge on any atom is -0.494 e. The number of carbonyl (C=O) groups excluding carboxylic acids is 2. The molecular formula is C29H32FN3O5S. The van der Waals surface area contributed by atoms with Crippen molar-refractivity contribution in [3.63, 3.8) is 0 Å². The second-order valence-corrected chi connectivity index (χ2v) is 11.2. The van der Waals surface area contributed by atoms with Crippen molar-refractivity contribution < 1.29 is 27.1 Å². The quantitative estimate of drug-likeness (QED) is 0.363. The van der Waals surface area contributed by atoms with E-state index in [4.69, 9.17) is 4.74 Å². The zero-order valence-corrected chi connectivity index (χ0v) is 22.5. The van der Waals surface area contributed by atoms with Crippen LogP contribution in [0.2, 0.25) is 0 Å². The third-order valence-electron chi connectivity index (χ3n) is 6.51. The second kappa shape index (κ2) is 12.8. The van der Waals surface area contributed by atoms with Crippen molar-refractivity contribution in [1.82, 2.24) is 5.32 Å². The van der Waals surface area contributed by atoms with Gasteiger partial charge in [-0.1, -0.05) is 31.4 Å². The van der Waals surface area contributed by atoms with Crippen LogP contribution in [0.15, 0.2) is 77.7 Å². The van der Waals surface area contributed by atoms with Crippen LogP contribution >= 0.6 is 0 Å². The third-order valence-corrected chi connectivity index (χ3v) is 8.30. The summed E-state index contributed by atoms with van der Waals surface area (Å²) in [4.78, 5) is 26.1. The predicted octanol–water partition coefficient (Wildman–Crippen LogP) is 5.12. The van der Waals surface area contributed by atoms with Gasteiger partial charge in [-0.25, -0.2) is 12.8 Å². The van der Waals surface area contributed by atoms with Gasteiger partial charge in [0.2, 0.25) is 5.91 Å². The maximum atomic E-state index is 13.6. The third kappa shape index (κ3) is 7.14. The van der Waals surface area contributed by atoms with E-state index in [0.717, 1.165) is 48.5 Å². The molecule has 0 aliphatic heterocycles. The summed E-state index contributed by atoms with van der Waals surface area (Å²) in [7, 11) is -4.22. The molecule has 0 radical (unpaired) electrons. The van der Waals surface area contributed by atoms with Crippen molar-refractivity contribution in [2.45, 2.75) is 50.0 Å². The molecule has 1 aliphatic carbocycles. The molecule has 0 saturated heterocycles. The summed E-state index contributed by atoms with van der Waals surface area (Å²) >= 11 is 0. The minimum atomic E-state index is -4.22. The van der Waals surface area contributed by atoms with Crippen LogP contribution in [0.25, 0.3) is 0 Å². The monoisotopic (exact) mass is 553 g/mol. The first kappa shape index (κ1) is 28.1. The number of nitrogens with zero attached hydrogens (tertiary/aromatic N) is 1. The van der Waals surface area contributed by atoms with E-state index in [2.05, 4.69) is 10.6 Å². The summed E-state index contributed by atoms with van der Waals surface area (Å²) < 4.78 is 47.2.